The molecule has 0 radical (unpaired) electrons. The van der Waals surface area contributed by atoms with Gasteiger partial charge < -0.3 is 9.59 Å². The number of likely N-dealkylation sites (N-methyl/N-ethyl adjacent to an activating group) is 1. The van der Waals surface area contributed by atoms with Gasteiger partial charge >= 0.3 is 5.97 Å². The Labute approximate surface area is 188 Å². The highest BCUT2D eigenvalue weighted by molar-refractivity contribution is 6.06. The van der Waals surface area contributed by atoms with Crippen LogP contribution in [0, 0.1) is 11.8 Å². The lowest BCUT2D eigenvalue weighted by atomic mass is 9.68. The Morgan fingerprint density at radius 3 is 1.69 bits per heavy atom. The number of rotatable bonds is 7. The average molecular weight is 434 g/mol. The monoisotopic (exact) mass is 433 g/mol. The molecule has 2 aliphatic rings. The molecule has 2 aromatic rings. The maximum atomic E-state index is 13.6. The van der Waals surface area contributed by atoms with Crippen LogP contribution in [0.15, 0.2) is 72.8 Å². The number of nitrogens with zero attached hydrogens (tertiary/aromatic N) is 2. The molecule has 1 fully saturated rings. The van der Waals surface area contributed by atoms with Gasteiger partial charge in [-0.1, -0.05) is 72.8 Å². The maximum Gasteiger partial charge on any atom is 0.359 e. The maximum absolute atomic E-state index is 13.6. The van der Waals surface area contributed by atoms with Gasteiger partial charge in [0.2, 0.25) is 11.8 Å². The number of carbonyl (C=O) groups excluding carboxylic acids is 2. The number of quaternary nitrogens is 1. The van der Waals surface area contributed by atoms with Gasteiger partial charge in [-0.3, -0.25) is 14.5 Å². The largest absolute Gasteiger partial charge is 0.477 e. The van der Waals surface area contributed by atoms with E-state index in [0.717, 1.165) is 11.1 Å². The highest BCUT2D eigenvalue weighted by Crippen LogP contribution is 2.49. The third-order valence-corrected chi connectivity index (χ3v) is 6.65. The van der Waals surface area contributed by atoms with Gasteiger partial charge in [0.1, 0.15) is 0 Å². The van der Waals surface area contributed by atoms with E-state index < -0.39 is 17.8 Å². The van der Waals surface area contributed by atoms with Crippen molar-refractivity contribution >= 4 is 17.8 Å². The standard InChI is InChI=1S/C26H28N2O4/c1-28(2,17-22(29)30)16-15-27-25(31)23-20(18-9-5-3-6-10-18)13-14-21(24(23)26(27)32)19-11-7-4-8-12-19/h3-14,20-21,23-24H,15-17H2,1-2H3/p+1/t20-,21-,23+,24+/m0/s1. The summed E-state index contributed by atoms with van der Waals surface area (Å²) < 4.78 is 0.199. The molecule has 1 heterocycles. The molecule has 32 heavy (non-hydrogen) atoms. The molecule has 0 bridgehead atoms. The van der Waals surface area contributed by atoms with E-state index in [0.29, 0.717) is 6.54 Å². The number of aliphatic carboxylic acids is 1. The number of fused-ring (bicyclic) bond motifs is 1. The smallest absolute Gasteiger partial charge is 0.359 e. The van der Waals surface area contributed by atoms with Gasteiger partial charge in [0.15, 0.2) is 6.54 Å². The molecule has 2 aromatic carbocycles. The van der Waals surface area contributed by atoms with Gasteiger partial charge in [-0.25, -0.2) is 4.79 Å². The molecule has 4 rings (SSSR count). The summed E-state index contributed by atoms with van der Waals surface area (Å²) in [6, 6.07) is 19.7. The lowest BCUT2D eigenvalue weighted by Gasteiger charge is -2.32. The minimum atomic E-state index is -0.903. The molecule has 0 saturated carbocycles. The van der Waals surface area contributed by atoms with Crippen molar-refractivity contribution < 1.29 is 24.0 Å². The van der Waals surface area contributed by atoms with Crippen LogP contribution in [0.5, 0.6) is 0 Å². The normalized spacial score (nSPS) is 25.1. The van der Waals surface area contributed by atoms with Crippen molar-refractivity contribution in [3.63, 3.8) is 0 Å². The van der Waals surface area contributed by atoms with Gasteiger partial charge in [0.05, 0.1) is 39.0 Å². The first-order valence-electron chi connectivity index (χ1n) is 11.0. The van der Waals surface area contributed by atoms with Crippen molar-refractivity contribution in [1.29, 1.82) is 0 Å². The van der Waals surface area contributed by atoms with E-state index in [4.69, 9.17) is 5.11 Å². The summed E-state index contributed by atoms with van der Waals surface area (Å²) in [6.07, 6.45) is 4.15. The number of carbonyl (C=O) groups is 3. The number of hydrogen-bond donors (Lipinski definition) is 1. The Morgan fingerprint density at radius 2 is 1.28 bits per heavy atom. The number of amides is 2. The van der Waals surface area contributed by atoms with Crippen LogP contribution in [0.4, 0.5) is 0 Å². The zero-order valence-corrected chi connectivity index (χ0v) is 18.4. The Bertz CT molecular complexity index is 965. The Kier molecular flexibility index (Phi) is 5.98. The zero-order valence-electron chi connectivity index (χ0n) is 18.4. The minimum absolute atomic E-state index is 0.0656. The van der Waals surface area contributed by atoms with Crippen LogP contribution < -0.4 is 0 Å². The van der Waals surface area contributed by atoms with Gasteiger partial charge in [-0.05, 0) is 11.1 Å². The number of hydrogen-bond acceptors (Lipinski definition) is 3. The first-order valence-corrected chi connectivity index (χ1v) is 11.0. The van der Waals surface area contributed by atoms with E-state index in [9.17, 15) is 14.4 Å². The van der Waals surface area contributed by atoms with Crippen molar-refractivity contribution in [1.82, 2.24) is 4.90 Å². The van der Waals surface area contributed by atoms with Crippen LogP contribution in [-0.2, 0) is 14.4 Å². The quantitative estimate of drug-likeness (QED) is 0.414. The molecule has 1 N–H and O–H groups in total. The summed E-state index contributed by atoms with van der Waals surface area (Å²) in [5.41, 5.74) is 2.05. The summed E-state index contributed by atoms with van der Waals surface area (Å²) in [4.78, 5) is 39.7. The van der Waals surface area contributed by atoms with E-state index in [-0.39, 0.29) is 41.2 Å². The van der Waals surface area contributed by atoms with Crippen molar-refractivity contribution in [3.05, 3.63) is 83.9 Å². The van der Waals surface area contributed by atoms with Crippen molar-refractivity contribution in [3.8, 4) is 0 Å². The lowest BCUT2D eigenvalue weighted by Crippen LogP contribution is -2.49. The number of carboxylic acid groups (broad SMARTS) is 1. The second-order valence-electron chi connectivity index (χ2n) is 9.35. The third kappa shape index (κ3) is 4.23. The van der Waals surface area contributed by atoms with Crippen molar-refractivity contribution in [2.75, 3.05) is 33.7 Å². The van der Waals surface area contributed by atoms with Crippen LogP contribution in [0.1, 0.15) is 23.0 Å². The minimum Gasteiger partial charge on any atom is -0.477 e. The molecule has 2 amide bonds. The van der Waals surface area contributed by atoms with Crippen molar-refractivity contribution in [2.24, 2.45) is 11.8 Å². The first-order chi connectivity index (χ1) is 15.3. The third-order valence-electron chi connectivity index (χ3n) is 6.65. The molecule has 1 aliphatic carbocycles. The van der Waals surface area contributed by atoms with Crippen molar-refractivity contribution in [2.45, 2.75) is 11.8 Å². The van der Waals surface area contributed by atoms with Gasteiger partial charge in [0.25, 0.3) is 0 Å². The summed E-state index contributed by atoms with van der Waals surface area (Å²) in [5, 5.41) is 9.16. The highest BCUT2D eigenvalue weighted by Gasteiger charge is 2.55. The summed E-state index contributed by atoms with van der Waals surface area (Å²) in [7, 11) is 3.60. The molecule has 0 unspecified atom stereocenters. The second kappa shape index (κ2) is 8.71. The molecule has 0 spiro atoms. The SMILES string of the molecule is C[N+](C)(CCN1C(=O)[C@H]2[C@H](C1=O)[C@H](c1ccccc1)C=C[C@H]2c1ccccc1)CC(=O)O. The second-order valence-corrected chi connectivity index (χ2v) is 9.35. The van der Waals surface area contributed by atoms with Crippen LogP contribution in [0.3, 0.4) is 0 Å². The Balaban J connectivity index is 1.67. The number of likely N-dealkylation sites (tertiary alicyclic amines) is 1. The highest BCUT2D eigenvalue weighted by atomic mass is 16.4. The zero-order chi connectivity index (χ0) is 22.9. The van der Waals surface area contributed by atoms with E-state index in [1.165, 1.54) is 4.90 Å². The Morgan fingerprint density at radius 1 is 0.844 bits per heavy atom. The fourth-order valence-corrected chi connectivity index (χ4v) is 5.03. The van der Waals surface area contributed by atoms with Crippen LogP contribution in [0.25, 0.3) is 0 Å². The molecular weight excluding hydrogens is 404 g/mol. The molecule has 166 valence electrons. The predicted octanol–water partition coefficient (Wildman–Crippen LogP) is 2.89. The summed E-state index contributed by atoms with van der Waals surface area (Å²) in [5.74, 6) is -2.47. The lowest BCUT2D eigenvalue weighted by molar-refractivity contribution is -0.882. The number of imide groups is 1. The summed E-state index contributed by atoms with van der Waals surface area (Å²) in [6.45, 7) is 0.542. The molecule has 0 aromatic heterocycles. The first kappa shape index (κ1) is 22.0. The van der Waals surface area contributed by atoms with Gasteiger partial charge in [0, 0.05) is 11.8 Å². The molecule has 4 atom stereocenters. The fourth-order valence-electron chi connectivity index (χ4n) is 5.03. The van der Waals surface area contributed by atoms with E-state index >= 15 is 0 Å². The molecule has 6 nitrogen and oxygen atoms in total. The predicted molar refractivity (Wildman–Crippen MR) is 121 cm³/mol. The number of carboxylic acids is 1. The number of allylic oxidation sites excluding steroid dienone is 2. The topological polar surface area (TPSA) is 74.7 Å². The Hall–Kier alpha value is -3.25. The fraction of sp³-hybridized carbons (Fsp3) is 0.346. The van der Waals surface area contributed by atoms with Crippen LogP contribution in [0.2, 0.25) is 0 Å². The molecule has 1 saturated heterocycles. The molecule has 1 aliphatic heterocycles. The van der Waals surface area contributed by atoms with E-state index in [1.807, 2.05) is 60.7 Å². The van der Waals surface area contributed by atoms with E-state index in [2.05, 4.69) is 12.2 Å². The van der Waals surface area contributed by atoms with Crippen LogP contribution in [-0.4, -0.2) is 66.0 Å². The van der Waals surface area contributed by atoms with Gasteiger partial charge in [-0.2, -0.15) is 0 Å². The average Bonchev–Trinajstić information content (AvgIpc) is 3.02. The molecular formula is C26H29N2O4+. The molecule has 6 heteroatoms. The number of benzene rings is 2. The van der Waals surface area contributed by atoms with E-state index in [1.54, 1.807) is 14.1 Å². The van der Waals surface area contributed by atoms with Crippen LogP contribution >= 0.6 is 0 Å². The summed E-state index contributed by atoms with van der Waals surface area (Å²) >= 11 is 0. The van der Waals surface area contributed by atoms with Gasteiger partial charge in [-0.15, -0.1) is 0 Å².